The number of aromatic nitrogens is 2. The van der Waals surface area contributed by atoms with Crippen LogP contribution in [0.25, 0.3) is 43.6 Å². The number of rotatable bonds is 6. The molecule has 0 aliphatic carbocycles. The highest BCUT2D eigenvalue weighted by molar-refractivity contribution is 7.99. The number of hydrogen-bond acceptors (Lipinski definition) is 3. The summed E-state index contributed by atoms with van der Waals surface area (Å²) < 4.78 is 0. The predicted octanol–water partition coefficient (Wildman–Crippen LogP) is 7.48. The molecule has 0 unspecified atom stereocenters. The van der Waals surface area contributed by atoms with E-state index < -0.39 is 0 Å². The van der Waals surface area contributed by atoms with E-state index in [-0.39, 0.29) is 5.91 Å². The molecule has 6 heteroatoms. The average molecular weight is 488 g/mol. The molecular formula is C28H29N3OS2. The molecule has 2 aromatic heterocycles. The molecular weight excluding hydrogens is 458 g/mol. The molecule has 4 nitrogen and oxygen atoms in total. The van der Waals surface area contributed by atoms with Crippen molar-refractivity contribution in [3.8, 4) is 0 Å². The first kappa shape index (κ1) is 21.9. The van der Waals surface area contributed by atoms with Crippen molar-refractivity contribution in [2.75, 3.05) is 0 Å². The van der Waals surface area contributed by atoms with Gasteiger partial charge in [-0.3, -0.25) is 4.79 Å². The Hall–Kier alpha value is -2.57. The topological polar surface area (TPSA) is 60.7 Å². The van der Waals surface area contributed by atoms with Gasteiger partial charge in [-0.1, -0.05) is 39.8 Å². The monoisotopic (exact) mass is 487 g/mol. The number of aromatic amines is 2. The van der Waals surface area contributed by atoms with Crippen LogP contribution in [0.2, 0.25) is 0 Å². The Kier molecular flexibility index (Phi) is 5.34. The Morgan fingerprint density at radius 1 is 0.794 bits per heavy atom. The molecule has 3 N–H and O–H groups in total. The second kappa shape index (κ2) is 8.28. The Bertz CT molecular complexity index is 1590. The minimum Gasteiger partial charge on any atom is -0.353 e. The van der Waals surface area contributed by atoms with E-state index in [2.05, 4.69) is 79.4 Å². The molecule has 0 saturated heterocycles. The molecule has 0 saturated carbocycles. The highest BCUT2D eigenvalue weighted by Crippen LogP contribution is 2.42. The third-order valence-corrected chi connectivity index (χ3v) is 8.98. The lowest BCUT2D eigenvalue weighted by atomic mass is 9.96. The normalized spacial score (nSPS) is 13.9. The zero-order valence-electron chi connectivity index (χ0n) is 20.0. The minimum absolute atomic E-state index is 0.0330. The highest BCUT2D eigenvalue weighted by atomic mass is 32.2. The number of hydrogen-bond donors (Lipinski definition) is 3. The molecule has 1 aliphatic rings. The number of amides is 1. The van der Waals surface area contributed by atoms with Gasteiger partial charge in [0.1, 0.15) is 0 Å². The summed E-state index contributed by atoms with van der Waals surface area (Å²) in [7, 11) is 0. The quantitative estimate of drug-likeness (QED) is 0.233. The van der Waals surface area contributed by atoms with Gasteiger partial charge >= 0.3 is 0 Å². The number of carbonyl (C=O) groups is 1. The van der Waals surface area contributed by atoms with E-state index in [1.165, 1.54) is 21.9 Å². The summed E-state index contributed by atoms with van der Waals surface area (Å²) in [6, 6.07) is 13.4. The molecule has 5 aromatic rings. The fourth-order valence-corrected chi connectivity index (χ4v) is 6.50. The van der Waals surface area contributed by atoms with E-state index in [4.69, 9.17) is 0 Å². The van der Waals surface area contributed by atoms with Crippen LogP contribution in [-0.4, -0.2) is 26.4 Å². The first-order valence-electron chi connectivity index (χ1n) is 12.0. The predicted molar refractivity (Wildman–Crippen MR) is 149 cm³/mol. The Labute approximate surface area is 207 Å². The maximum atomic E-state index is 13.1. The van der Waals surface area contributed by atoms with Crippen LogP contribution >= 0.6 is 23.5 Å². The summed E-state index contributed by atoms with van der Waals surface area (Å²) in [5, 5.41) is 8.86. The van der Waals surface area contributed by atoms with Crippen LogP contribution < -0.4 is 5.32 Å². The van der Waals surface area contributed by atoms with Gasteiger partial charge in [0.15, 0.2) is 0 Å². The molecule has 3 aromatic carbocycles. The van der Waals surface area contributed by atoms with Gasteiger partial charge in [0, 0.05) is 50.6 Å². The molecule has 0 atom stereocenters. The third kappa shape index (κ3) is 3.50. The number of thioether (sulfide) groups is 2. The lowest BCUT2D eigenvalue weighted by molar-refractivity contribution is 0.0967. The van der Waals surface area contributed by atoms with Crippen LogP contribution in [-0.2, 0) is 18.1 Å². The van der Waals surface area contributed by atoms with Gasteiger partial charge < -0.3 is 15.3 Å². The van der Waals surface area contributed by atoms with Crippen LogP contribution in [0.3, 0.4) is 0 Å². The van der Waals surface area contributed by atoms with Gasteiger partial charge in [-0.05, 0) is 51.5 Å². The molecule has 0 radical (unpaired) electrons. The number of fused-ring (bicyclic) bond motifs is 10. The molecule has 1 amide bonds. The summed E-state index contributed by atoms with van der Waals surface area (Å²) in [5.41, 5.74) is 8.91. The van der Waals surface area contributed by atoms with Gasteiger partial charge in [0.05, 0.1) is 16.6 Å². The van der Waals surface area contributed by atoms with Gasteiger partial charge in [0.25, 0.3) is 5.91 Å². The minimum atomic E-state index is 0.0330. The van der Waals surface area contributed by atoms with Crippen LogP contribution in [0.15, 0.2) is 36.4 Å². The molecule has 0 bridgehead atoms. The molecule has 3 heterocycles. The van der Waals surface area contributed by atoms with Crippen molar-refractivity contribution in [1.29, 1.82) is 0 Å². The van der Waals surface area contributed by atoms with Crippen molar-refractivity contribution in [1.82, 2.24) is 15.3 Å². The standard InChI is InChI=1S/C28H29N3OS2/c1-14(2)33-12-16-5-7-21-18(9-16)23-20-11-29-28(32)25(20)24-19-10-17(13-34-15(3)4)6-8-22(19)31-27(24)26(23)30-21/h5-10,14-15,30-31H,11-13H2,1-4H3,(H,29,32). The van der Waals surface area contributed by atoms with Crippen molar-refractivity contribution >= 4 is 73.0 Å². The SMILES string of the molecule is CC(C)SCc1ccc2[nH]c3c4[nH]c5ccc(CSC(C)C)cc5c4c4c(c3c2c1)CNC4=O. The lowest BCUT2D eigenvalue weighted by Gasteiger charge is -2.07. The molecule has 0 spiro atoms. The largest absolute Gasteiger partial charge is 0.353 e. The van der Waals surface area contributed by atoms with Crippen LogP contribution in [0.4, 0.5) is 0 Å². The molecule has 1 aliphatic heterocycles. The lowest BCUT2D eigenvalue weighted by Crippen LogP contribution is -2.12. The van der Waals surface area contributed by atoms with E-state index >= 15 is 0 Å². The van der Waals surface area contributed by atoms with Crippen LogP contribution in [0.1, 0.15) is 54.7 Å². The first-order valence-corrected chi connectivity index (χ1v) is 14.1. The number of nitrogens with one attached hydrogen (secondary N) is 3. The van der Waals surface area contributed by atoms with Gasteiger partial charge in [0.2, 0.25) is 0 Å². The van der Waals surface area contributed by atoms with Crippen molar-refractivity contribution in [3.05, 3.63) is 58.7 Å². The van der Waals surface area contributed by atoms with E-state index in [9.17, 15) is 4.79 Å². The third-order valence-electron chi connectivity index (χ3n) is 6.65. The van der Waals surface area contributed by atoms with E-state index in [0.29, 0.717) is 17.0 Å². The fraction of sp³-hybridized carbons (Fsp3) is 0.321. The van der Waals surface area contributed by atoms with Crippen molar-refractivity contribution in [3.63, 3.8) is 0 Å². The zero-order valence-corrected chi connectivity index (χ0v) is 21.6. The van der Waals surface area contributed by atoms with E-state index in [1.807, 2.05) is 23.5 Å². The summed E-state index contributed by atoms with van der Waals surface area (Å²) in [4.78, 5) is 20.5. The van der Waals surface area contributed by atoms with Crippen LogP contribution in [0, 0.1) is 0 Å². The average Bonchev–Trinajstić information content (AvgIpc) is 3.48. The van der Waals surface area contributed by atoms with Gasteiger partial charge in [-0.25, -0.2) is 0 Å². The maximum Gasteiger partial charge on any atom is 0.252 e. The van der Waals surface area contributed by atoms with Gasteiger partial charge in [-0.15, -0.1) is 0 Å². The van der Waals surface area contributed by atoms with Crippen LogP contribution in [0.5, 0.6) is 0 Å². The molecule has 174 valence electrons. The van der Waals surface area contributed by atoms with Crippen molar-refractivity contribution in [2.24, 2.45) is 0 Å². The summed E-state index contributed by atoms with van der Waals surface area (Å²) in [6.45, 7) is 9.50. The highest BCUT2D eigenvalue weighted by Gasteiger charge is 2.29. The van der Waals surface area contributed by atoms with E-state index in [1.54, 1.807) is 0 Å². The maximum absolute atomic E-state index is 13.1. The smallest absolute Gasteiger partial charge is 0.252 e. The van der Waals surface area contributed by atoms with Crippen molar-refractivity contribution in [2.45, 2.75) is 56.2 Å². The Morgan fingerprint density at radius 3 is 1.88 bits per heavy atom. The fourth-order valence-electron chi connectivity index (χ4n) is 5.09. The Morgan fingerprint density at radius 2 is 1.32 bits per heavy atom. The number of H-pyrrole nitrogens is 2. The second-order valence-corrected chi connectivity index (χ2v) is 12.9. The molecule has 0 fully saturated rings. The molecule has 34 heavy (non-hydrogen) atoms. The number of benzene rings is 3. The van der Waals surface area contributed by atoms with E-state index in [0.717, 1.165) is 55.5 Å². The van der Waals surface area contributed by atoms with Crippen molar-refractivity contribution < 1.29 is 4.79 Å². The molecule has 6 rings (SSSR count). The summed E-state index contributed by atoms with van der Waals surface area (Å²) >= 11 is 3.90. The summed E-state index contributed by atoms with van der Waals surface area (Å²) in [6.07, 6.45) is 0. The second-order valence-electron chi connectivity index (χ2n) is 9.77. The Balaban J connectivity index is 1.63. The number of carbonyl (C=O) groups excluding carboxylic acids is 1. The summed E-state index contributed by atoms with van der Waals surface area (Å²) in [5.74, 6) is 2.00. The first-order chi connectivity index (χ1) is 16.4. The van der Waals surface area contributed by atoms with Gasteiger partial charge in [-0.2, -0.15) is 23.5 Å². The zero-order chi connectivity index (χ0) is 23.6.